The molecule has 0 saturated carbocycles. The zero-order valence-electron chi connectivity index (χ0n) is 16.5. The van der Waals surface area contributed by atoms with Gasteiger partial charge < -0.3 is 15.5 Å². The molecule has 7 heteroatoms. The van der Waals surface area contributed by atoms with Crippen molar-refractivity contribution in [2.45, 2.75) is 33.6 Å². The van der Waals surface area contributed by atoms with Gasteiger partial charge in [0.05, 0.1) is 0 Å². The lowest BCUT2D eigenvalue weighted by molar-refractivity contribution is -0.114. The van der Waals surface area contributed by atoms with E-state index in [4.69, 9.17) is 0 Å². The fourth-order valence-corrected chi connectivity index (χ4v) is 2.76. The SMILES string of the molecule is CCCN(CCC)C(=O)c1ccnc(C(=O)Nc2ccc(NC(C)=O)cc2)c1. The molecule has 2 N–H and O–H groups in total. The van der Waals surface area contributed by atoms with Crippen LogP contribution in [-0.4, -0.2) is 40.7 Å². The Hall–Kier alpha value is -3.22. The molecule has 148 valence electrons. The Kier molecular flexibility index (Phi) is 7.68. The van der Waals surface area contributed by atoms with Gasteiger partial charge in [-0.3, -0.25) is 19.4 Å². The number of benzene rings is 1. The van der Waals surface area contributed by atoms with Crippen LogP contribution in [0.4, 0.5) is 11.4 Å². The van der Waals surface area contributed by atoms with Crippen LogP contribution in [0.1, 0.15) is 54.5 Å². The second-order valence-corrected chi connectivity index (χ2v) is 6.43. The highest BCUT2D eigenvalue weighted by Crippen LogP contribution is 2.15. The average molecular weight is 382 g/mol. The predicted octanol–water partition coefficient (Wildman–Crippen LogP) is 3.55. The van der Waals surface area contributed by atoms with Crippen LogP contribution >= 0.6 is 0 Å². The van der Waals surface area contributed by atoms with Crippen LogP contribution < -0.4 is 10.6 Å². The second-order valence-electron chi connectivity index (χ2n) is 6.43. The van der Waals surface area contributed by atoms with Crippen LogP contribution in [0.2, 0.25) is 0 Å². The molecule has 28 heavy (non-hydrogen) atoms. The molecule has 1 aromatic heterocycles. The van der Waals surface area contributed by atoms with E-state index < -0.39 is 5.91 Å². The van der Waals surface area contributed by atoms with E-state index in [9.17, 15) is 14.4 Å². The highest BCUT2D eigenvalue weighted by molar-refractivity contribution is 6.05. The summed E-state index contributed by atoms with van der Waals surface area (Å²) in [6.07, 6.45) is 3.22. The van der Waals surface area contributed by atoms with Crippen molar-refractivity contribution >= 4 is 29.1 Å². The summed E-state index contributed by atoms with van der Waals surface area (Å²) in [4.78, 5) is 42.2. The maximum absolute atomic E-state index is 12.7. The quantitative estimate of drug-likeness (QED) is 0.730. The third-order valence-corrected chi connectivity index (χ3v) is 3.98. The normalized spacial score (nSPS) is 10.2. The highest BCUT2D eigenvalue weighted by Gasteiger charge is 2.17. The minimum absolute atomic E-state index is 0.0974. The maximum atomic E-state index is 12.7. The molecule has 7 nitrogen and oxygen atoms in total. The van der Waals surface area contributed by atoms with Crippen LogP contribution in [0.15, 0.2) is 42.6 Å². The average Bonchev–Trinajstić information content (AvgIpc) is 2.68. The number of nitrogens with one attached hydrogen (secondary N) is 2. The number of pyridine rings is 1. The van der Waals surface area contributed by atoms with Gasteiger partial charge >= 0.3 is 0 Å². The van der Waals surface area contributed by atoms with Gasteiger partial charge in [0.15, 0.2) is 0 Å². The predicted molar refractivity (Wildman–Crippen MR) is 109 cm³/mol. The summed E-state index contributed by atoms with van der Waals surface area (Å²) in [6, 6.07) is 9.89. The summed E-state index contributed by atoms with van der Waals surface area (Å²) in [5.41, 5.74) is 1.83. The summed E-state index contributed by atoms with van der Waals surface area (Å²) < 4.78 is 0. The van der Waals surface area contributed by atoms with Gasteiger partial charge in [0.1, 0.15) is 5.69 Å². The number of nitrogens with zero attached hydrogens (tertiary/aromatic N) is 2. The molecule has 0 saturated heterocycles. The maximum Gasteiger partial charge on any atom is 0.274 e. The minimum atomic E-state index is -0.403. The molecule has 1 aromatic carbocycles. The topological polar surface area (TPSA) is 91.4 Å². The molecule has 0 radical (unpaired) electrons. The molecule has 0 bridgehead atoms. The number of aromatic nitrogens is 1. The number of carbonyl (C=O) groups excluding carboxylic acids is 3. The van der Waals surface area contributed by atoms with E-state index >= 15 is 0 Å². The molecule has 0 aliphatic rings. The van der Waals surface area contributed by atoms with Gasteiger partial charge in [-0.2, -0.15) is 0 Å². The third kappa shape index (κ3) is 5.90. The lowest BCUT2D eigenvalue weighted by Gasteiger charge is -2.21. The first-order valence-electron chi connectivity index (χ1n) is 9.39. The Morgan fingerprint density at radius 1 is 0.929 bits per heavy atom. The fourth-order valence-electron chi connectivity index (χ4n) is 2.76. The second kappa shape index (κ2) is 10.2. The molecule has 0 spiro atoms. The van der Waals surface area contributed by atoms with Gasteiger partial charge in [0.25, 0.3) is 11.8 Å². The molecule has 3 amide bonds. The lowest BCUT2D eigenvalue weighted by atomic mass is 10.1. The van der Waals surface area contributed by atoms with Crippen molar-refractivity contribution in [3.63, 3.8) is 0 Å². The van der Waals surface area contributed by atoms with Gasteiger partial charge in [-0.25, -0.2) is 0 Å². The van der Waals surface area contributed by atoms with Crippen molar-refractivity contribution in [3.8, 4) is 0 Å². The number of carbonyl (C=O) groups is 3. The van der Waals surface area contributed by atoms with E-state index in [0.717, 1.165) is 12.8 Å². The number of amides is 3. The number of rotatable bonds is 8. The summed E-state index contributed by atoms with van der Waals surface area (Å²) in [5, 5.41) is 5.41. The standard InChI is InChI=1S/C21H26N4O3/c1-4-12-25(13-5-2)21(28)16-10-11-22-19(14-16)20(27)24-18-8-6-17(7-9-18)23-15(3)26/h6-11,14H,4-5,12-13H2,1-3H3,(H,23,26)(H,24,27). The Morgan fingerprint density at radius 2 is 1.50 bits per heavy atom. The molecule has 1 heterocycles. The van der Waals surface area contributed by atoms with Crippen molar-refractivity contribution in [2.75, 3.05) is 23.7 Å². The number of hydrogen-bond acceptors (Lipinski definition) is 4. The van der Waals surface area contributed by atoms with E-state index in [1.54, 1.807) is 35.2 Å². The Morgan fingerprint density at radius 3 is 2.04 bits per heavy atom. The molecule has 0 unspecified atom stereocenters. The summed E-state index contributed by atoms with van der Waals surface area (Å²) >= 11 is 0. The highest BCUT2D eigenvalue weighted by atomic mass is 16.2. The van der Waals surface area contributed by atoms with Crippen molar-refractivity contribution in [1.82, 2.24) is 9.88 Å². The summed E-state index contributed by atoms with van der Waals surface area (Å²) in [6.45, 7) is 6.84. The van der Waals surface area contributed by atoms with Crippen LogP contribution in [0.3, 0.4) is 0 Å². The van der Waals surface area contributed by atoms with Gasteiger partial charge in [-0.15, -0.1) is 0 Å². The summed E-state index contributed by atoms with van der Waals surface area (Å²) in [5.74, 6) is -0.665. The Balaban J connectivity index is 2.11. The van der Waals surface area contributed by atoms with Crippen molar-refractivity contribution in [3.05, 3.63) is 53.9 Å². The van der Waals surface area contributed by atoms with Crippen LogP contribution in [0.5, 0.6) is 0 Å². The molecule has 2 rings (SSSR count). The summed E-state index contributed by atoms with van der Waals surface area (Å²) in [7, 11) is 0. The van der Waals surface area contributed by atoms with Gasteiger partial charge in [0, 0.05) is 43.1 Å². The molecular weight excluding hydrogens is 356 g/mol. The van der Waals surface area contributed by atoms with Crippen molar-refractivity contribution in [2.24, 2.45) is 0 Å². The van der Waals surface area contributed by atoms with Crippen LogP contribution in [0, 0.1) is 0 Å². The van der Waals surface area contributed by atoms with Gasteiger partial charge in [-0.05, 0) is 49.2 Å². The molecule has 2 aromatic rings. The van der Waals surface area contributed by atoms with Gasteiger partial charge in [0.2, 0.25) is 5.91 Å². The smallest absolute Gasteiger partial charge is 0.274 e. The molecule has 0 fully saturated rings. The van der Waals surface area contributed by atoms with Crippen molar-refractivity contribution < 1.29 is 14.4 Å². The van der Waals surface area contributed by atoms with E-state index in [1.165, 1.54) is 19.2 Å². The molecule has 0 aliphatic carbocycles. The number of anilines is 2. The monoisotopic (exact) mass is 382 g/mol. The van der Waals surface area contributed by atoms with Crippen LogP contribution in [-0.2, 0) is 4.79 Å². The largest absolute Gasteiger partial charge is 0.339 e. The lowest BCUT2D eigenvalue weighted by Crippen LogP contribution is -2.32. The van der Waals surface area contributed by atoms with E-state index in [1.807, 2.05) is 13.8 Å². The zero-order valence-corrected chi connectivity index (χ0v) is 16.5. The Bertz CT molecular complexity index is 828. The van der Waals surface area contributed by atoms with E-state index in [-0.39, 0.29) is 17.5 Å². The first-order chi connectivity index (χ1) is 13.4. The first-order valence-corrected chi connectivity index (χ1v) is 9.39. The molecule has 0 aliphatic heterocycles. The van der Waals surface area contributed by atoms with E-state index in [0.29, 0.717) is 30.0 Å². The first kappa shape index (κ1) is 21.1. The Labute approximate surface area is 165 Å². The van der Waals surface area contributed by atoms with E-state index in [2.05, 4.69) is 15.6 Å². The molecular formula is C21H26N4O3. The van der Waals surface area contributed by atoms with Crippen molar-refractivity contribution in [1.29, 1.82) is 0 Å². The number of hydrogen-bond donors (Lipinski definition) is 2. The minimum Gasteiger partial charge on any atom is -0.339 e. The third-order valence-electron chi connectivity index (χ3n) is 3.98. The molecule has 0 atom stereocenters. The van der Waals surface area contributed by atoms with Crippen LogP contribution in [0.25, 0.3) is 0 Å². The zero-order chi connectivity index (χ0) is 20.5. The van der Waals surface area contributed by atoms with Gasteiger partial charge in [-0.1, -0.05) is 13.8 Å². The fraction of sp³-hybridized carbons (Fsp3) is 0.333.